The van der Waals surface area contributed by atoms with Crippen molar-refractivity contribution in [1.82, 2.24) is 4.90 Å². The Hall–Kier alpha value is -1.42. The lowest BCUT2D eigenvalue weighted by molar-refractivity contribution is -0.137. The van der Waals surface area contributed by atoms with Gasteiger partial charge >= 0.3 is 0 Å². The Kier molecular flexibility index (Phi) is 3.19. The second kappa shape index (κ2) is 4.19. The van der Waals surface area contributed by atoms with Crippen molar-refractivity contribution in [2.75, 3.05) is 14.1 Å². The number of benzene rings is 1. The van der Waals surface area contributed by atoms with E-state index in [4.69, 9.17) is 0 Å². The van der Waals surface area contributed by atoms with E-state index in [9.17, 15) is 14.3 Å². The van der Waals surface area contributed by atoms with Crippen molar-refractivity contribution in [2.45, 2.75) is 6.10 Å². The minimum absolute atomic E-state index is 0.267. The van der Waals surface area contributed by atoms with E-state index < -0.39 is 17.8 Å². The second-order valence-corrected chi connectivity index (χ2v) is 3.19. The molecule has 3 nitrogen and oxygen atoms in total. The lowest BCUT2D eigenvalue weighted by Crippen LogP contribution is -2.28. The highest BCUT2D eigenvalue weighted by Crippen LogP contribution is 2.15. The van der Waals surface area contributed by atoms with Crippen LogP contribution in [0, 0.1) is 5.82 Å². The van der Waals surface area contributed by atoms with Gasteiger partial charge in [0.2, 0.25) is 0 Å². The van der Waals surface area contributed by atoms with Crippen LogP contribution in [0.4, 0.5) is 4.39 Å². The fourth-order valence-electron chi connectivity index (χ4n) is 1.06. The van der Waals surface area contributed by atoms with E-state index in [0.29, 0.717) is 0 Å². The van der Waals surface area contributed by atoms with E-state index in [1.54, 1.807) is 0 Å². The van der Waals surface area contributed by atoms with Crippen molar-refractivity contribution >= 4 is 5.91 Å². The van der Waals surface area contributed by atoms with Crippen LogP contribution in [0.1, 0.15) is 11.7 Å². The first-order chi connectivity index (χ1) is 6.52. The Morgan fingerprint density at radius 2 is 2.14 bits per heavy atom. The summed E-state index contributed by atoms with van der Waals surface area (Å²) in [6.07, 6.45) is -1.29. The van der Waals surface area contributed by atoms with Crippen LogP contribution in [0.2, 0.25) is 0 Å². The molecule has 1 N–H and O–H groups in total. The number of amides is 1. The maximum atomic E-state index is 12.8. The van der Waals surface area contributed by atoms with E-state index in [2.05, 4.69) is 0 Å². The summed E-state index contributed by atoms with van der Waals surface area (Å²) in [5, 5.41) is 9.53. The Labute approximate surface area is 81.8 Å². The van der Waals surface area contributed by atoms with Crippen LogP contribution in [0.5, 0.6) is 0 Å². The van der Waals surface area contributed by atoms with Crippen molar-refractivity contribution in [3.8, 4) is 0 Å². The summed E-state index contributed by atoms with van der Waals surface area (Å²) in [5.41, 5.74) is 0.267. The van der Waals surface area contributed by atoms with Crippen LogP contribution in [-0.4, -0.2) is 30.0 Å². The largest absolute Gasteiger partial charge is 0.378 e. The number of carbonyl (C=O) groups excluding carboxylic acids is 1. The van der Waals surface area contributed by atoms with E-state index in [1.807, 2.05) is 0 Å². The zero-order chi connectivity index (χ0) is 10.7. The van der Waals surface area contributed by atoms with Crippen molar-refractivity contribution < 1.29 is 14.3 Å². The number of hydrogen-bond acceptors (Lipinski definition) is 2. The molecule has 1 atom stereocenters. The maximum Gasteiger partial charge on any atom is 0.255 e. The molecule has 0 bridgehead atoms. The van der Waals surface area contributed by atoms with E-state index in [1.165, 1.54) is 37.2 Å². The van der Waals surface area contributed by atoms with Crippen molar-refractivity contribution in [1.29, 1.82) is 0 Å². The molecule has 4 heteroatoms. The second-order valence-electron chi connectivity index (χ2n) is 3.19. The average molecular weight is 197 g/mol. The van der Waals surface area contributed by atoms with Gasteiger partial charge in [0, 0.05) is 14.1 Å². The van der Waals surface area contributed by atoms with Crippen LogP contribution in [0.3, 0.4) is 0 Å². The minimum Gasteiger partial charge on any atom is -0.378 e. The Bertz CT molecular complexity index is 339. The van der Waals surface area contributed by atoms with E-state index in [-0.39, 0.29) is 5.56 Å². The van der Waals surface area contributed by atoms with Gasteiger partial charge in [0.25, 0.3) is 5.91 Å². The number of hydrogen-bond donors (Lipinski definition) is 1. The third-order valence-electron chi connectivity index (χ3n) is 1.84. The van der Waals surface area contributed by atoms with Gasteiger partial charge in [-0.15, -0.1) is 0 Å². The normalized spacial score (nSPS) is 12.3. The van der Waals surface area contributed by atoms with Gasteiger partial charge in [0.05, 0.1) is 0 Å². The Morgan fingerprint density at radius 1 is 1.50 bits per heavy atom. The number of nitrogens with zero attached hydrogens (tertiary/aromatic N) is 1. The van der Waals surface area contributed by atoms with Gasteiger partial charge < -0.3 is 10.0 Å². The molecule has 1 amide bonds. The molecule has 0 saturated heterocycles. The highest BCUT2D eigenvalue weighted by Gasteiger charge is 2.18. The molecule has 14 heavy (non-hydrogen) atoms. The summed E-state index contributed by atoms with van der Waals surface area (Å²) >= 11 is 0. The Morgan fingerprint density at radius 3 is 2.64 bits per heavy atom. The summed E-state index contributed by atoms with van der Waals surface area (Å²) in [5.74, 6) is -0.927. The van der Waals surface area contributed by atoms with Crippen LogP contribution >= 0.6 is 0 Å². The zero-order valence-corrected chi connectivity index (χ0v) is 8.07. The number of carbonyl (C=O) groups is 1. The predicted octanol–water partition coefficient (Wildman–Crippen LogP) is 0.947. The monoisotopic (exact) mass is 197 g/mol. The smallest absolute Gasteiger partial charge is 0.255 e. The van der Waals surface area contributed by atoms with Gasteiger partial charge in [-0.2, -0.15) is 0 Å². The summed E-state index contributed by atoms with van der Waals surface area (Å²) in [4.78, 5) is 12.6. The third kappa shape index (κ3) is 2.29. The topological polar surface area (TPSA) is 40.5 Å². The van der Waals surface area contributed by atoms with Crippen LogP contribution in [0.25, 0.3) is 0 Å². The molecular weight excluding hydrogens is 185 g/mol. The zero-order valence-electron chi connectivity index (χ0n) is 8.07. The first-order valence-electron chi connectivity index (χ1n) is 4.17. The van der Waals surface area contributed by atoms with Gasteiger partial charge in [0.1, 0.15) is 5.82 Å². The van der Waals surface area contributed by atoms with Gasteiger partial charge in [-0.3, -0.25) is 4.79 Å². The maximum absolute atomic E-state index is 12.8. The molecule has 1 unspecified atom stereocenters. The highest BCUT2D eigenvalue weighted by molar-refractivity contribution is 5.81. The first kappa shape index (κ1) is 10.7. The molecule has 1 rings (SSSR count). The quantitative estimate of drug-likeness (QED) is 0.766. The summed E-state index contributed by atoms with van der Waals surface area (Å²) in [6.45, 7) is 0. The van der Waals surface area contributed by atoms with Gasteiger partial charge in [-0.25, -0.2) is 4.39 Å². The summed E-state index contributed by atoms with van der Waals surface area (Å²) < 4.78 is 12.8. The minimum atomic E-state index is -1.29. The van der Waals surface area contributed by atoms with Crippen molar-refractivity contribution in [3.05, 3.63) is 35.6 Å². The molecule has 76 valence electrons. The summed E-state index contributed by atoms with van der Waals surface area (Å²) in [7, 11) is 3.07. The fraction of sp³-hybridized carbons (Fsp3) is 0.300. The molecule has 0 aromatic heterocycles. The third-order valence-corrected chi connectivity index (χ3v) is 1.84. The number of likely N-dealkylation sites (N-methyl/N-ethyl adjacent to an activating group) is 1. The first-order valence-corrected chi connectivity index (χ1v) is 4.17. The molecular formula is C10H12FNO2. The lowest BCUT2D eigenvalue weighted by atomic mass is 10.1. The van der Waals surface area contributed by atoms with Crippen LogP contribution in [-0.2, 0) is 4.79 Å². The van der Waals surface area contributed by atoms with E-state index >= 15 is 0 Å². The van der Waals surface area contributed by atoms with Crippen molar-refractivity contribution in [2.24, 2.45) is 0 Å². The molecule has 0 heterocycles. The van der Waals surface area contributed by atoms with Gasteiger partial charge in [-0.1, -0.05) is 12.1 Å². The molecule has 0 fully saturated rings. The molecule has 1 aromatic carbocycles. The van der Waals surface area contributed by atoms with Crippen LogP contribution in [0.15, 0.2) is 24.3 Å². The lowest BCUT2D eigenvalue weighted by Gasteiger charge is -2.15. The highest BCUT2D eigenvalue weighted by atomic mass is 19.1. The van der Waals surface area contributed by atoms with E-state index in [0.717, 1.165) is 6.07 Å². The molecule has 0 aliphatic rings. The molecule has 1 aromatic rings. The standard InChI is InChI=1S/C10H12FNO2/c1-12(2)10(14)9(13)7-4-3-5-8(11)6-7/h3-6,9,13H,1-2H3. The number of halogens is 1. The molecule has 0 aliphatic carbocycles. The Balaban J connectivity index is 2.89. The number of aliphatic hydroxyl groups excluding tert-OH is 1. The van der Waals surface area contributed by atoms with Crippen LogP contribution < -0.4 is 0 Å². The summed E-state index contributed by atoms with van der Waals surface area (Å²) in [6, 6.07) is 5.37. The molecule has 0 aliphatic heterocycles. The predicted molar refractivity (Wildman–Crippen MR) is 50.1 cm³/mol. The average Bonchev–Trinajstić information content (AvgIpc) is 2.15. The van der Waals surface area contributed by atoms with Crippen molar-refractivity contribution in [3.63, 3.8) is 0 Å². The SMILES string of the molecule is CN(C)C(=O)C(O)c1cccc(F)c1. The fourth-order valence-corrected chi connectivity index (χ4v) is 1.06. The van der Waals surface area contributed by atoms with Gasteiger partial charge in [-0.05, 0) is 17.7 Å². The number of aliphatic hydroxyl groups is 1. The van der Waals surface area contributed by atoms with Gasteiger partial charge in [0.15, 0.2) is 6.10 Å². The molecule has 0 saturated carbocycles. The molecule has 0 spiro atoms. The number of rotatable bonds is 2. The molecule has 0 radical (unpaired) electrons.